The van der Waals surface area contributed by atoms with Crippen molar-refractivity contribution in [3.05, 3.63) is 57.6 Å². The van der Waals surface area contributed by atoms with E-state index >= 15 is 0 Å². The number of amides is 1. The van der Waals surface area contributed by atoms with Crippen LogP contribution in [0.5, 0.6) is 11.5 Å². The zero-order valence-electron chi connectivity index (χ0n) is 16.5. The van der Waals surface area contributed by atoms with Gasteiger partial charge in [0.25, 0.3) is 11.5 Å². The largest absolute Gasteiger partial charge is 0.486 e. The Morgan fingerprint density at radius 2 is 2.00 bits per heavy atom. The number of carbonyl (C=O) groups is 1. The summed E-state index contributed by atoms with van der Waals surface area (Å²) in [5.41, 5.74) is 0.965. The number of aromatic nitrogens is 2. The molecule has 0 aliphatic carbocycles. The number of anilines is 1. The second kappa shape index (κ2) is 8.73. The van der Waals surface area contributed by atoms with Gasteiger partial charge >= 0.3 is 0 Å². The third-order valence-corrected chi connectivity index (χ3v) is 5.11. The van der Waals surface area contributed by atoms with E-state index in [-0.39, 0.29) is 18.0 Å². The number of hydrogen-bond donors (Lipinski definition) is 3. The van der Waals surface area contributed by atoms with Crippen LogP contribution in [0.1, 0.15) is 12.7 Å². The molecule has 0 radical (unpaired) electrons. The van der Waals surface area contributed by atoms with E-state index < -0.39 is 0 Å². The minimum absolute atomic E-state index is 0.144. The Kier molecular flexibility index (Phi) is 5.87. The van der Waals surface area contributed by atoms with Crippen molar-refractivity contribution in [3.63, 3.8) is 0 Å². The summed E-state index contributed by atoms with van der Waals surface area (Å²) in [6, 6.07) is 10.3. The molecule has 2 heterocycles. The van der Waals surface area contributed by atoms with Crippen LogP contribution in [0.2, 0.25) is 5.02 Å². The molecule has 4 rings (SSSR count). The molecule has 8 nitrogen and oxygen atoms in total. The van der Waals surface area contributed by atoms with Gasteiger partial charge < -0.3 is 24.7 Å². The van der Waals surface area contributed by atoms with Crippen LogP contribution in [0.15, 0.2) is 41.2 Å². The van der Waals surface area contributed by atoms with Gasteiger partial charge in [-0.2, -0.15) is 0 Å². The van der Waals surface area contributed by atoms with Crippen molar-refractivity contribution in [3.8, 4) is 11.5 Å². The second-order valence-electron chi connectivity index (χ2n) is 7.04. The number of fused-ring (bicyclic) bond motifs is 2. The predicted molar refractivity (Wildman–Crippen MR) is 114 cm³/mol. The summed E-state index contributed by atoms with van der Waals surface area (Å²) in [6.45, 7) is 4.30. The van der Waals surface area contributed by atoms with Crippen molar-refractivity contribution in [2.75, 3.05) is 31.6 Å². The molecular weight excluding hydrogens is 408 g/mol. The van der Waals surface area contributed by atoms with Gasteiger partial charge in [0, 0.05) is 16.8 Å². The Labute approximate surface area is 177 Å². The average molecular weight is 430 g/mol. The van der Waals surface area contributed by atoms with Gasteiger partial charge in [-0.25, -0.2) is 4.98 Å². The minimum atomic E-state index is -0.220. The highest BCUT2D eigenvalue weighted by Crippen LogP contribution is 2.32. The molecule has 0 spiro atoms. The van der Waals surface area contributed by atoms with E-state index in [1.54, 1.807) is 36.4 Å². The lowest BCUT2D eigenvalue weighted by Gasteiger charge is -2.20. The maximum absolute atomic E-state index is 12.6. The lowest BCUT2D eigenvalue weighted by Crippen LogP contribution is -3.11. The van der Waals surface area contributed by atoms with Crippen LogP contribution in [0.25, 0.3) is 10.9 Å². The lowest BCUT2D eigenvalue weighted by atomic mass is 10.2. The van der Waals surface area contributed by atoms with Crippen LogP contribution in [0.3, 0.4) is 0 Å². The number of ether oxygens (including phenoxy) is 2. The Morgan fingerprint density at radius 1 is 1.20 bits per heavy atom. The fraction of sp³-hybridized carbons (Fsp3) is 0.286. The zero-order valence-corrected chi connectivity index (χ0v) is 17.2. The standard InChI is InChI=1S/C21H21ClN4O4/c1-2-26(11-19-24-16-9-13(22)3-5-15(16)21(28)25-19)12-20(27)23-14-4-6-17-18(10-14)30-8-7-29-17/h3-6,9-10H,2,7-8,11-12H2,1H3,(H,23,27)(H,24,25,28)/p+1. The number of quaternary nitrogens is 1. The molecule has 156 valence electrons. The number of rotatable bonds is 6. The molecule has 1 aliphatic rings. The molecule has 1 unspecified atom stereocenters. The maximum atomic E-state index is 12.6. The number of nitrogens with zero attached hydrogens (tertiary/aromatic N) is 1. The summed E-state index contributed by atoms with van der Waals surface area (Å²) in [5, 5.41) is 3.89. The highest BCUT2D eigenvalue weighted by atomic mass is 35.5. The first kappa shape index (κ1) is 20.2. The van der Waals surface area contributed by atoms with Crippen LogP contribution in [-0.2, 0) is 11.3 Å². The molecule has 2 aromatic carbocycles. The van der Waals surface area contributed by atoms with Crippen LogP contribution >= 0.6 is 11.6 Å². The van der Waals surface area contributed by atoms with Gasteiger partial charge in [-0.05, 0) is 37.3 Å². The fourth-order valence-corrected chi connectivity index (χ4v) is 3.51. The highest BCUT2D eigenvalue weighted by Gasteiger charge is 2.17. The quantitative estimate of drug-likeness (QED) is 0.550. The molecule has 1 atom stereocenters. The van der Waals surface area contributed by atoms with E-state index in [2.05, 4.69) is 15.3 Å². The average Bonchev–Trinajstić information content (AvgIpc) is 2.72. The SMILES string of the molecule is CC[NH+](CC(=O)Nc1ccc2c(c1)OCCO2)Cc1nc2cc(Cl)ccc2c(=O)[nH]1. The Balaban J connectivity index is 1.44. The number of aromatic amines is 1. The number of carbonyl (C=O) groups excluding carboxylic acids is 1. The summed E-state index contributed by atoms with van der Waals surface area (Å²) in [4.78, 5) is 33.1. The Morgan fingerprint density at radius 3 is 2.80 bits per heavy atom. The zero-order chi connectivity index (χ0) is 21.1. The molecule has 3 aromatic rings. The highest BCUT2D eigenvalue weighted by molar-refractivity contribution is 6.31. The van der Waals surface area contributed by atoms with Crippen molar-refractivity contribution in [2.24, 2.45) is 0 Å². The molecule has 1 amide bonds. The van der Waals surface area contributed by atoms with Crippen molar-refractivity contribution in [1.82, 2.24) is 9.97 Å². The van der Waals surface area contributed by atoms with E-state index in [4.69, 9.17) is 21.1 Å². The van der Waals surface area contributed by atoms with Gasteiger partial charge in [0.05, 0.1) is 17.4 Å². The second-order valence-corrected chi connectivity index (χ2v) is 7.47. The maximum Gasteiger partial charge on any atom is 0.279 e. The minimum Gasteiger partial charge on any atom is -0.486 e. The number of halogens is 1. The summed E-state index contributed by atoms with van der Waals surface area (Å²) in [5.74, 6) is 1.66. The first-order valence-corrected chi connectivity index (χ1v) is 10.1. The number of hydrogen-bond acceptors (Lipinski definition) is 5. The van der Waals surface area contributed by atoms with Gasteiger partial charge in [0.1, 0.15) is 19.8 Å². The summed E-state index contributed by atoms with van der Waals surface area (Å²) >= 11 is 6.02. The first-order chi connectivity index (χ1) is 14.5. The monoisotopic (exact) mass is 429 g/mol. The molecule has 0 saturated carbocycles. The molecule has 30 heavy (non-hydrogen) atoms. The van der Waals surface area contributed by atoms with E-state index in [0.29, 0.717) is 65.2 Å². The Bertz CT molecular complexity index is 1150. The predicted octanol–water partition coefficient (Wildman–Crippen LogP) is 1.39. The topological polar surface area (TPSA) is 97.8 Å². The van der Waals surface area contributed by atoms with E-state index in [0.717, 1.165) is 4.90 Å². The van der Waals surface area contributed by atoms with Crippen LogP contribution in [0, 0.1) is 0 Å². The van der Waals surface area contributed by atoms with Gasteiger partial charge in [0.2, 0.25) is 0 Å². The molecule has 9 heteroatoms. The molecular formula is C21H22ClN4O4+. The molecule has 1 aromatic heterocycles. The van der Waals surface area contributed by atoms with Crippen LogP contribution in [0.4, 0.5) is 5.69 Å². The summed E-state index contributed by atoms with van der Waals surface area (Å²) in [6.07, 6.45) is 0. The Hall–Kier alpha value is -3.10. The molecule has 3 N–H and O–H groups in total. The van der Waals surface area contributed by atoms with E-state index in [9.17, 15) is 9.59 Å². The fourth-order valence-electron chi connectivity index (χ4n) is 3.35. The first-order valence-electron chi connectivity index (χ1n) is 9.73. The van der Waals surface area contributed by atoms with Gasteiger partial charge in [-0.3, -0.25) is 9.59 Å². The van der Waals surface area contributed by atoms with E-state index in [1.807, 2.05) is 6.92 Å². The van der Waals surface area contributed by atoms with Gasteiger partial charge in [0.15, 0.2) is 23.9 Å². The van der Waals surface area contributed by atoms with Crippen molar-refractivity contribution >= 4 is 34.1 Å². The summed E-state index contributed by atoms with van der Waals surface area (Å²) < 4.78 is 11.0. The van der Waals surface area contributed by atoms with Crippen LogP contribution in [-0.4, -0.2) is 42.2 Å². The third-order valence-electron chi connectivity index (χ3n) is 4.87. The molecule has 1 aliphatic heterocycles. The van der Waals surface area contributed by atoms with Crippen molar-refractivity contribution in [2.45, 2.75) is 13.5 Å². The van der Waals surface area contributed by atoms with Crippen molar-refractivity contribution in [1.29, 1.82) is 0 Å². The number of H-pyrrole nitrogens is 1. The third kappa shape index (κ3) is 4.55. The lowest BCUT2D eigenvalue weighted by molar-refractivity contribution is -0.904. The summed E-state index contributed by atoms with van der Waals surface area (Å²) in [7, 11) is 0. The van der Waals surface area contributed by atoms with Crippen LogP contribution < -0.4 is 25.2 Å². The van der Waals surface area contributed by atoms with Crippen molar-refractivity contribution < 1.29 is 19.2 Å². The normalized spacial score (nSPS) is 13.8. The molecule has 0 saturated heterocycles. The molecule has 0 bridgehead atoms. The smallest absolute Gasteiger partial charge is 0.279 e. The molecule has 0 fully saturated rings. The number of benzene rings is 2. The van der Waals surface area contributed by atoms with E-state index in [1.165, 1.54) is 0 Å². The number of likely N-dealkylation sites (N-methyl/N-ethyl adjacent to an activating group) is 1. The van der Waals surface area contributed by atoms with Gasteiger partial charge in [-0.1, -0.05) is 11.6 Å². The van der Waals surface area contributed by atoms with Gasteiger partial charge in [-0.15, -0.1) is 0 Å². The number of nitrogens with one attached hydrogen (secondary N) is 3.